The summed E-state index contributed by atoms with van der Waals surface area (Å²) in [6.45, 7) is 0. The van der Waals surface area contributed by atoms with Gasteiger partial charge in [-0.3, -0.25) is 14.9 Å². The largest absolute Gasteiger partial charge is 0.327 e. The van der Waals surface area contributed by atoms with Gasteiger partial charge in [-0.05, 0) is 37.2 Å². The molecule has 1 amide bonds. The summed E-state index contributed by atoms with van der Waals surface area (Å²) >= 11 is 5.99. The second kappa shape index (κ2) is 5.27. The van der Waals surface area contributed by atoms with Crippen molar-refractivity contribution >= 4 is 28.9 Å². The van der Waals surface area contributed by atoms with E-state index >= 15 is 0 Å². The smallest absolute Gasteiger partial charge is 0.271 e. The van der Waals surface area contributed by atoms with Crippen molar-refractivity contribution < 1.29 is 9.72 Å². The SMILES string of the molecule is NC1C2CCC(C2)C1C(=O)Nc1ccc([N+](=O)[O-])cc1Cl. The molecule has 1 aromatic carbocycles. The number of fused-ring (bicyclic) bond motifs is 2. The van der Waals surface area contributed by atoms with Gasteiger partial charge < -0.3 is 11.1 Å². The molecule has 0 heterocycles. The molecular formula is C14H16ClN3O3. The molecule has 2 bridgehead atoms. The first kappa shape index (κ1) is 14.3. The van der Waals surface area contributed by atoms with E-state index in [1.54, 1.807) is 0 Å². The fourth-order valence-electron chi connectivity index (χ4n) is 3.66. The van der Waals surface area contributed by atoms with Crippen molar-refractivity contribution in [3.8, 4) is 0 Å². The maximum absolute atomic E-state index is 12.4. The Hall–Kier alpha value is -1.66. The van der Waals surface area contributed by atoms with Crippen molar-refractivity contribution in [2.45, 2.75) is 25.3 Å². The fraction of sp³-hybridized carbons (Fsp3) is 0.500. The number of nitrogens with two attached hydrogens (primary N) is 1. The van der Waals surface area contributed by atoms with Gasteiger partial charge in [-0.15, -0.1) is 0 Å². The van der Waals surface area contributed by atoms with E-state index in [1.165, 1.54) is 18.2 Å². The Kier molecular flexibility index (Phi) is 3.59. The van der Waals surface area contributed by atoms with Gasteiger partial charge in [-0.1, -0.05) is 11.6 Å². The van der Waals surface area contributed by atoms with Crippen molar-refractivity contribution in [1.29, 1.82) is 0 Å². The van der Waals surface area contributed by atoms with Gasteiger partial charge in [-0.2, -0.15) is 0 Å². The van der Waals surface area contributed by atoms with E-state index in [1.807, 2.05) is 0 Å². The Morgan fingerprint density at radius 1 is 1.38 bits per heavy atom. The normalized spacial score (nSPS) is 30.4. The summed E-state index contributed by atoms with van der Waals surface area (Å²) in [6.07, 6.45) is 3.17. The Balaban J connectivity index is 1.75. The number of nitrogens with one attached hydrogen (secondary N) is 1. The van der Waals surface area contributed by atoms with Crippen LogP contribution in [0.4, 0.5) is 11.4 Å². The number of non-ortho nitro benzene ring substituents is 1. The van der Waals surface area contributed by atoms with Gasteiger partial charge in [0.05, 0.1) is 21.6 Å². The number of halogens is 1. The first-order valence-electron chi connectivity index (χ1n) is 6.97. The molecule has 1 aromatic rings. The first-order chi connectivity index (χ1) is 9.97. The van der Waals surface area contributed by atoms with Crippen molar-refractivity contribution in [3.63, 3.8) is 0 Å². The third kappa shape index (κ3) is 2.49. The lowest BCUT2D eigenvalue weighted by atomic mass is 9.84. The van der Waals surface area contributed by atoms with E-state index in [0.717, 1.165) is 19.3 Å². The van der Waals surface area contributed by atoms with Crippen LogP contribution < -0.4 is 11.1 Å². The topological polar surface area (TPSA) is 98.3 Å². The van der Waals surface area contributed by atoms with Gasteiger partial charge in [0, 0.05) is 18.2 Å². The number of nitro benzene ring substituents is 1. The number of rotatable bonds is 3. The van der Waals surface area contributed by atoms with E-state index in [-0.39, 0.29) is 28.6 Å². The monoisotopic (exact) mass is 309 g/mol. The quantitative estimate of drug-likeness (QED) is 0.662. The van der Waals surface area contributed by atoms with E-state index in [9.17, 15) is 14.9 Å². The molecule has 0 radical (unpaired) electrons. The molecule has 2 aliphatic rings. The molecule has 0 aliphatic heterocycles. The number of hydrogen-bond acceptors (Lipinski definition) is 4. The summed E-state index contributed by atoms with van der Waals surface area (Å²) in [7, 11) is 0. The number of carbonyl (C=O) groups excluding carboxylic acids is 1. The zero-order chi connectivity index (χ0) is 15.1. The molecule has 7 heteroatoms. The number of anilines is 1. The molecule has 0 spiro atoms. The predicted molar refractivity (Wildman–Crippen MR) is 79.0 cm³/mol. The Morgan fingerprint density at radius 3 is 2.67 bits per heavy atom. The number of nitro groups is 1. The lowest BCUT2D eigenvalue weighted by Crippen LogP contribution is -2.42. The summed E-state index contributed by atoms with van der Waals surface area (Å²) < 4.78 is 0. The van der Waals surface area contributed by atoms with Crippen molar-refractivity contribution in [2.24, 2.45) is 23.5 Å². The minimum atomic E-state index is -0.524. The number of amides is 1. The van der Waals surface area contributed by atoms with Gasteiger partial charge in [0.2, 0.25) is 5.91 Å². The molecule has 2 fully saturated rings. The maximum Gasteiger partial charge on any atom is 0.271 e. The van der Waals surface area contributed by atoms with Crippen LogP contribution in [0.3, 0.4) is 0 Å². The molecule has 2 aliphatic carbocycles. The van der Waals surface area contributed by atoms with E-state index in [0.29, 0.717) is 17.5 Å². The van der Waals surface area contributed by atoms with Gasteiger partial charge in [0.1, 0.15) is 0 Å². The fourth-order valence-corrected chi connectivity index (χ4v) is 3.88. The molecule has 3 N–H and O–H groups in total. The number of benzene rings is 1. The van der Waals surface area contributed by atoms with Crippen molar-refractivity contribution in [3.05, 3.63) is 33.3 Å². The van der Waals surface area contributed by atoms with Gasteiger partial charge in [-0.25, -0.2) is 0 Å². The highest BCUT2D eigenvalue weighted by atomic mass is 35.5. The number of hydrogen-bond donors (Lipinski definition) is 2. The molecule has 0 aromatic heterocycles. The van der Waals surface area contributed by atoms with Crippen LogP contribution >= 0.6 is 11.6 Å². The van der Waals surface area contributed by atoms with Crippen LogP contribution in [0.1, 0.15) is 19.3 Å². The van der Waals surface area contributed by atoms with E-state index < -0.39 is 4.92 Å². The Morgan fingerprint density at radius 2 is 2.10 bits per heavy atom. The van der Waals surface area contributed by atoms with Crippen molar-refractivity contribution in [2.75, 3.05) is 5.32 Å². The second-order valence-corrected chi connectivity index (χ2v) is 6.25. The Labute approximate surface area is 126 Å². The van der Waals surface area contributed by atoms with E-state index in [4.69, 9.17) is 17.3 Å². The van der Waals surface area contributed by atoms with Gasteiger partial charge >= 0.3 is 0 Å². The van der Waals surface area contributed by atoms with Gasteiger partial charge in [0.15, 0.2) is 0 Å². The molecule has 2 saturated carbocycles. The van der Waals surface area contributed by atoms with Crippen LogP contribution in [-0.4, -0.2) is 16.9 Å². The average molecular weight is 310 g/mol. The third-order valence-electron chi connectivity index (χ3n) is 4.70. The molecule has 6 nitrogen and oxygen atoms in total. The predicted octanol–water partition coefficient (Wildman–Crippen LogP) is 2.56. The summed E-state index contributed by atoms with van der Waals surface area (Å²) in [5.74, 6) is 0.473. The molecule has 0 saturated heterocycles. The summed E-state index contributed by atoms with van der Waals surface area (Å²) in [6, 6.07) is 3.91. The maximum atomic E-state index is 12.4. The average Bonchev–Trinajstić information content (AvgIpc) is 3.01. The zero-order valence-corrected chi connectivity index (χ0v) is 12.0. The summed E-state index contributed by atoms with van der Waals surface area (Å²) in [4.78, 5) is 22.5. The van der Waals surface area contributed by atoms with Crippen LogP contribution in [0.15, 0.2) is 18.2 Å². The summed E-state index contributed by atoms with van der Waals surface area (Å²) in [5, 5.41) is 13.6. The lowest BCUT2D eigenvalue weighted by molar-refractivity contribution is -0.384. The standard InChI is InChI=1S/C14H16ClN3O3/c15-10-6-9(18(20)21)3-4-11(10)17-14(19)12-7-1-2-8(5-7)13(12)16/h3-4,6-8,12-13H,1-2,5,16H2,(H,17,19). The third-order valence-corrected chi connectivity index (χ3v) is 5.02. The highest BCUT2D eigenvalue weighted by molar-refractivity contribution is 6.34. The lowest BCUT2D eigenvalue weighted by Gasteiger charge is -2.27. The molecule has 4 atom stereocenters. The molecule has 3 rings (SSSR count). The van der Waals surface area contributed by atoms with Crippen LogP contribution in [0.2, 0.25) is 5.02 Å². The molecule has 112 valence electrons. The molecule has 21 heavy (non-hydrogen) atoms. The van der Waals surface area contributed by atoms with Crippen LogP contribution in [0.5, 0.6) is 0 Å². The second-order valence-electron chi connectivity index (χ2n) is 5.85. The van der Waals surface area contributed by atoms with Crippen LogP contribution in [0.25, 0.3) is 0 Å². The number of nitrogens with zero attached hydrogens (tertiary/aromatic N) is 1. The van der Waals surface area contributed by atoms with Crippen LogP contribution in [0, 0.1) is 27.9 Å². The Bertz CT molecular complexity index is 605. The number of carbonyl (C=O) groups is 1. The van der Waals surface area contributed by atoms with E-state index in [2.05, 4.69) is 5.32 Å². The summed E-state index contributed by atoms with van der Waals surface area (Å²) in [5.41, 5.74) is 6.43. The first-order valence-corrected chi connectivity index (χ1v) is 7.35. The van der Waals surface area contributed by atoms with Gasteiger partial charge in [0.25, 0.3) is 5.69 Å². The zero-order valence-electron chi connectivity index (χ0n) is 11.3. The highest BCUT2D eigenvalue weighted by Gasteiger charge is 2.49. The van der Waals surface area contributed by atoms with Crippen molar-refractivity contribution in [1.82, 2.24) is 0 Å². The molecule has 4 unspecified atom stereocenters. The minimum absolute atomic E-state index is 0.0967. The van der Waals surface area contributed by atoms with Crippen LogP contribution in [-0.2, 0) is 4.79 Å². The highest BCUT2D eigenvalue weighted by Crippen LogP contribution is 2.48. The minimum Gasteiger partial charge on any atom is -0.327 e. The molecular weight excluding hydrogens is 294 g/mol.